The highest BCUT2D eigenvalue weighted by molar-refractivity contribution is 7.89. The molecule has 1 aliphatic rings. The SMILES string of the molecule is CNc1ncccc1S(=O)(=O)NCC1CCC1. The Kier molecular flexibility index (Phi) is 3.63. The van der Waals surface area contributed by atoms with Crippen LogP contribution in [0.1, 0.15) is 19.3 Å². The predicted molar refractivity (Wildman–Crippen MR) is 66.3 cm³/mol. The molecule has 94 valence electrons. The second kappa shape index (κ2) is 5.01. The fraction of sp³-hybridized carbons (Fsp3) is 0.545. The van der Waals surface area contributed by atoms with Crippen LogP contribution in [0.3, 0.4) is 0 Å². The molecule has 0 saturated heterocycles. The highest BCUT2D eigenvalue weighted by Crippen LogP contribution is 2.26. The van der Waals surface area contributed by atoms with Crippen molar-refractivity contribution in [1.82, 2.24) is 9.71 Å². The van der Waals surface area contributed by atoms with E-state index in [0.29, 0.717) is 18.3 Å². The van der Waals surface area contributed by atoms with Gasteiger partial charge < -0.3 is 5.32 Å². The molecule has 17 heavy (non-hydrogen) atoms. The number of rotatable bonds is 5. The first-order valence-corrected chi connectivity index (χ1v) is 7.24. The fourth-order valence-electron chi connectivity index (χ4n) is 1.80. The van der Waals surface area contributed by atoms with Crippen LogP contribution in [-0.4, -0.2) is 27.0 Å². The molecule has 0 atom stereocenters. The van der Waals surface area contributed by atoms with Crippen molar-refractivity contribution in [3.63, 3.8) is 0 Å². The van der Waals surface area contributed by atoms with Crippen LogP contribution in [-0.2, 0) is 10.0 Å². The van der Waals surface area contributed by atoms with Crippen molar-refractivity contribution in [1.29, 1.82) is 0 Å². The molecule has 5 nitrogen and oxygen atoms in total. The maximum atomic E-state index is 12.1. The molecule has 1 aromatic rings. The second-order valence-electron chi connectivity index (χ2n) is 4.25. The number of nitrogens with zero attached hydrogens (tertiary/aromatic N) is 1. The first kappa shape index (κ1) is 12.3. The summed E-state index contributed by atoms with van der Waals surface area (Å²) in [6.45, 7) is 0.528. The summed E-state index contributed by atoms with van der Waals surface area (Å²) in [5.41, 5.74) is 0. The summed E-state index contributed by atoms with van der Waals surface area (Å²) in [5.74, 6) is 0.882. The van der Waals surface area contributed by atoms with Gasteiger partial charge in [0.25, 0.3) is 0 Å². The average molecular weight is 255 g/mol. The van der Waals surface area contributed by atoms with Crippen LogP contribution >= 0.6 is 0 Å². The summed E-state index contributed by atoms with van der Waals surface area (Å²) in [5, 5.41) is 2.79. The summed E-state index contributed by atoms with van der Waals surface area (Å²) >= 11 is 0. The lowest BCUT2D eigenvalue weighted by atomic mass is 9.86. The van der Waals surface area contributed by atoms with Crippen LogP contribution in [0, 0.1) is 5.92 Å². The van der Waals surface area contributed by atoms with E-state index >= 15 is 0 Å². The zero-order valence-corrected chi connectivity index (χ0v) is 10.6. The standard InChI is InChI=1S/C11H17N3O2S/c1-12-11-10(6-3-7-13-11)17(15,16)14-8-9-4-2-5-9/h3,6-7,9,14H,2,4-5,8H2,1H3,(H,12,13). The van der Waals surface area contributed by atoms with Gasteiger partial charge in [0, 0.05) is 19.8 Å². The van der Waals surface area contributed by atoms with Gasteiger partial charge in [-0.25, -0.2) is 18.1 Å². The molecular weight excluding hydrogens is 238 g/mol. The highest BCUT2D eigenvalue weighted by Gasteiger charge is 2.23. The Morgan fingerprint density at radius 2 is 2.24 bits per heavy atom. The Morgan fingerprint density at radius 3 is 2.82 bits per heavy atom. The number of pyridine rings is 1. The molecule has 1 saturated carbocycles. The van der Waals surface area contributed by atoms with Gasteiger partial charge in [-0.3, -0.25) is 0 Å². The lowest BCUT2D eigenvalue weighted by molar-refractivity contribution is 0.316. The van der Waals surface area contributed by atoms with Gasteiger partial charge in [0.15, 0.2) is 0 Å². The molecule has 0 bridgehead atoms. The fourth-order valence-corrected chi connectivity index (χ4v) is 3.08. The summed E-state index contributed by atoms with van der Waals surface area (Å²) in [7, 11) is -1.79. The third-order valence-electron chi connectivity index (χ3n) is 3.08. The topological polar surface area (TPSA) is 71.1 Å². The summed E-state index contributed by atoms with van der Waals surface area (Å²) in [6.07, 6.45) is 5.01. The van der Waals surface area contributed by atoms with Crippen LogP contribution in [0.4, 0.5) is 5.82 Å². The normalized spacial score (nSPS) is 16.5. The zero-order chi connectivity index (χ0) is 12.3. The predicted octanol–water partition coefficient (Wildman–Crippen LogP) is 1.20. The van der Waals surface area contributed by atoms with E-state index in [-0.39, 0.29) is 4.90 Å². The second-order valence-corrected chi connectivity index (χ2v) is 5.98. The first-order valence-electron chi connectivity index (χ1n) is 5.76. The Bertz CT molecular complexity index is 483. The molecule has 6 heteroatoms. The molecule has 0 aliphatic heterocycles. The smallest absolute Gasteiger partial charge is 0.244 e. The lowest BCUT2D eigenvalue weighted by Crippen LogP contribution is -2.32. The molecule has 1 fully saturated rings. The number of hydrogen-bond acceptors (Lipinski definition) is 4. The maximum absolute atomic E-state index is 12.1. The largest absolute Gasteiger partial charge is 0.372 e. The van der Waals surface area contributed by atoms with Crippen molar-refractivity contribution >= 4 is 15.8 Å². The highest BCUT2D eigenvalue weighted by atomic mass is 32.2. The molecule has 2 N–H and O–H groups in total. The van der Waals surface area contributed by atoms with Gasteiger partial charge in [-0.1, -0.05) is 6.42 Å². The van der Waals surface area contributed by atoms with Gasteiger partial charge in [-0.15, -0.1) is 0 Å². The number of aromatic nitrogens is 1. The van der Waals surface area contributed by atoms with E-state index in [4.69, 9.17) is 0 Å². The minimum absolute atomic E-state index is 0.210. The molecule has 2 rings (SSSR count). The number of anilines is 1. The first-order chi connectivity index (χ1) is 8.13. The Hall–Kier alpha value is -1.14. The number of hydrogen-bond donors (Lipinski definition) is 2. The molecule has 1 heterocycles. The van der Waals surface area contributed by atoms with E-state index in [2.05, 4.69) is 15.0 Å². The molecule has 0 radical (unpaired) electrons. The van der Waals surface area contributed by atoms with E-state index in [1.54, 1.807) is 25.4 Å². The van der Waals surface area contributed by atoms with Crippen molar-refractivity contribution in [3.8, 4) is 0 Å². The summed E-state index contributed by atoms with van der Waals surface area (Å²) in [6, 6.07) is 3.18. The Labute approximate surface area is 102 Å². The Balaban J connectivity index is 2.12. The van der Waals surface area contributed by atoms with Gasteiger partial charge in [0.1, 0.15) is 10.7 Å². The molecule has 1 aliphatic carbocycles. The van der Waals surface area contributed by atoms with Crippen molar-refractivity contribution in [2.24, 2.45) is 5.92 Å². The van der Waals surface area contributed by atoms with E-state index < -0.39 is 10.0 Å². The van der Waals surface area contributed by atoms with Gasteiger partial charge in [0.2, 0.25) is 10.0 Å². The van der Waals surface area contributed by atoms with Crippen molar-refractivity contribution < 1.29 is 8.42 Å². The zero-order valence-electron chi connectivity index (χ0n) is 9.81. The quantitative estimate of drug-likeness (QED) is 0.829. The number of sulfonamides is 1. The molecule has 1 aromatic heterocycles. The third-order valence-corrected chi connectivity index (χ3v) is 4.54. The third kappa shape index (κ3) is 2.76. The summed E-state index contributed by atoms with van der Waals surface area (Å²) in [4.78, 5) is 4.20. The molecule has 0 spiro atoms. The Morgan fingerprint density at radius 1 is 1.47 bits per heavy atom. The van der Waals surface area contributed by atoms with Crippen LogP contribution < -0.4 is 10.0 Å². The van der Waals surface area contributed by atoms with Gasteiger partial charge >= 0.3 is 0 Å². The number of nitrogens with one attached hydrogen (secondary N) is 2. The van der Waals surface area contributed by atoms with Gasteiger partial charge in [-0.05, 0) is 30.9 Å². The van der Waals surface area contributed by atoms with Crippen molar-refractivity contribution in [2.75, 3.05) is 18.9 Å². The van der Waals surface area contributed by atoms with Gasteiger partial charge in [-0.2, -0.15) is 0 Å². The van der Waals surface area contributed by atoms with E-state index in [9.17, 15) is 8.42 Å². The van der Waals surface area contributed by atoms with Crippen LogP contribution in [0.2, 0.25) is 0 Å². The monoisotopic (exact) mass is 255 g/mol. The van der Waals surface area contributed by atoms with Crippen LogP contribution in [0.5, 0.6) is 0 Å². The van der Waals surface area contributed by atoms with Crippen molar-refractivity contribution in [3.05, 3.63) is 18.3 Å². The van der Waals surface area contributed by atoms with Crippen LogP contribution in [0.25, 0.3) is 0 Å². The van der Waals surface area contributed by atoms with E-state index in [0.717, 1.165) is 12.8 Å². The molecule has 0 amide bonds. The summed E-state index contributed by atoms with van der Waals surface area (Å²) < 4.78 is 26.8. The maximum Gasteiger partial charge on any atom is 0.244 e. The average Bonchev–Trinajstić information content (AvgIpc) is 2.26. The molecule has 0 aromatic carbocycles. The molecule has 0 unspecified atom stereocenters. The minimum atomic E-state index is -3.45. The van der Waals surface area contributed by atoms with E-state index in [1.165, 1.54) is 6.42 Å². The van der Waals surface area contributed by atoms with E-state index in [1.807, 2.05) is 0 Å². The lowest BCUT2D eigenvalue weighted by Gasteiger charge is -2.25. The van der Waals surface area contributed by atoms with Crippen molar-refractivity contribution in [2.45, 2.75) is 24.2 Å². The van der Waals surface area contributed by atoms with Gasteiger partial charge in [0.05, 0.1) is 0 Å². The minimum Gasteiger partial charge on any atom is -0.372 e. The molecular formula is C11H17N3O2S. The van der Waals surface area contributed by atoms with Crippen LogP contribution in [0.15, 0.2) is 23.2 Å².